The van der Waals surface area contributed by atoms with Gasteiger partial charge in [0, 0.05) is 23.7 Å². The molecule has 21 heavy (non-hydrogen) atoms. The van der Waals surface area contributed by atoms with Crippen LogP contribution in [0.2, 0.25) is 0 Å². The average Bonchev–Trinajstić information content (AvgIpc) is 3.33. The van der Waals surface area contributed by atoms with E-state index >= 15 is 0 Å². The van der Waals surface area contributed by atoms with Crippen molar-refractivity contribution < 1.29 is 4.74 Å². The Hall–Kier alpha value is -1.86. The van der Waals surface area contributed by atoms with Crippen LogP contribution >= 0.6 is 15.9 Å². The summed E-state index contributed by atoms with van der Waals surface area (Å²) in [5.41, 5.74) is 3.47. The number of aromatic nitrogens is 2. The van der Waals surface area contributed by atoms with E-state index in [2.05, 4.69) is 36.6 Å². The number of hydrogen-bond donors (Lipinski definition) is 3. The van der Waals surface area contributed by atoms with Crippen LogP contribution in [0.1, 0.15) is 24.6 Å². The molecule has 1 aliphatic rings. The van der Waals surface area contributed by atoms with Gasteiger partial charge in [0.25, 0.3) is 0 Å². The molecule has 0 atom stereocenters. The van der Waals surface area contributed by atoms with Crippen molar-refractivity contribution in [1.29, 1.82) is 0 Å². The lowest BCUT2D eigenvalue weighted by molar-refractivity contribution is 0.412. The molecule has 0 bridgehead atoms. The van der Waals surface area contributed by atoms with E-state index in [9.17, 15) is 0 Å². The second-order valence-corrected chi connectivity index (χ2v) is 5.74. The molecule has 1 aliphatic carbocycles. The summed E-state index contributed by atoms with van der Waals surface area (Å²) in [6.07, 6.45) is 2.28. The number of ether oxygens (including phenoxy) is 1. The molecule has 0 amide bonds. The zero-order chi connectivity index (χ0) is 14.8. The first-order valence-corrected chi connectivity index (χ1v) is 7.45. The summed E-state index contributed by atoms with van der Waals surface area (Å²) >= 11 is 3.43. The molecule has 1 aromatic heterocycles. The van der Waals surface area contributed by atoms with Crippen LogP contribution in [0, 0.1) is 0 Å². The lowest BCUT2D eigenvalue weighted by atomic mass is 10.3. The van der Waals surface area contributed by atoms with E-state index in [-0.39, 0.29) is 0 Å². The maximum Gasteiger partial charge on any atom is 0.145 e. The van der Waals surface area contributed by atoms with Gasteiger partial charge in [0.1, 0.15) is 23.2 Å². The van der Waals surface area contributed by atoms with Gasteiger partial charge in [-0.25, -0.2) is 15.8 Å². The second-order valence-electron chi connectivity index (χ2n) is 4.89. The van der Waals surface area contributed by atoms with E-state index in [0.29, 0.717) is 17.6 Å². The molecule has 1 fully saturated rings. The van der Waals surface area contributed by atoms with Gasteiger partial charge in [-0.1, -0.05) is 0 Å². The Morgan fingerprint density at radius 2 is 2.00 bits per heavy atom. The highest BCUT2D eigenvalue weighted by atomic mass is 79.9. The molecule has 1 heterocycles. The third kappa shape index (κ3) is 3.25. The predicted octanol–water partition coefficient (Wildman–Crippen LogP) is 3.15. The number of rotatable bonds is 5. The summed E-state index contributed by atoms with van der Waals surface area (Å²) in [5.74, 6) is 8.84. The van der Waals surface area contributed by atoms with Crippen molar-refractivity contribution >= 4 is 33.3 Å². The van der Waals surface area contributed by atoms with E-state index in [1.165, 1.54) is 0 Å². The van der Waals surface area contributed by atoms with Gasteiger partial charge in [0.2, 0.25) is 0 Å². The normalized spacial score (nSPS) is 13.9. The SMILES string of the molecule is COc1cc(Nc2cc(NN)nc(C3CC3)n2)ccc1Br. The molecule has 110 valence electrons. The van der Waals surface area contributed by atoms with Gasteiger partial charge in [-0.05, 0) is 40.9 Å². The van der Waals surface area contributed by atoms with Crippen molar-refractivity contribution in [3.05, 3.63) is 34.6 Å². The second kappa shape index (κ2) is 5.87. The number of anilines is 3. The maximum atomic E-state index is 5.47. The minimum atomic E-state index is 0.457. The van der Waals surface area contributed by atoms with Gasteiger partial charge in [-0.15, -0.1) is 0 Å². The van der Waals surface area contributed by atoms with Crippen LogP contribution in [0.3, 0.4) is 0 Å². The maximum absolute atomic E-state index is 5.47. The van der Waals surface area contributed by atoms with Crippen molar-refractivity contribution in [2.75, 3.05) is 17.9 Å². The molecule has 6 nitrogen and oxygen atoms in total. The highest BCUT2D eigenvalue weighted by Crippen LogP contribution is 2.39. The molecular weight excluding hydrogens is 334 g/mol. The molecule has 2 aromatic rings. The summed E-state index contributed by atoms with van der Waals surface area (Å²) in [5, 5.41) is 3.26. The molecule has 7 heteroatoms. The van der Waals surface area contributed by atoms with Crippen LogP contribution in [0.15, 0.2) is 28.7 Å². The van der Waals surface area contributed by atoms with Crippen LogP contribution in [-0.2, 0) is 0 Å². The largest absolute Gasteiger partial charge is 0.495 e. The van der Waals surface area contributed by atoms with E-state index in [1.807, 2.05) is 18.2 Å². The summed E-state index contributed by atoms with van der Waals surface area (Å²) < 4.78 is 6.19. The Balaban J connectivity index is 1.88. The summed E-state index contributed by atoms with van der Waals surface area (Å²) in [6, 6.07) is 7.55. The van der Waals surface area contributed by atoms with Gasteiger partial charge < -0.3 is 15.5 Å². The number of nitrogen functional groups attached to an aromatic ring is 1. The Bertz CT molecular complexity index is 660. The molecule has 1 saturated carbocycles. The van der Waals surface area contributed by atoms with E-state index in [1.54, 1.807) is 13.2 Å². The van der Waals surface area contributed by atoms with Crippen LogP contribution in [0.25, 0.3) is 0 Å². The molecule has 0 aliphatic heterocycles. The number of nitrogens with zero attached hydrogens (tertiary/aromatic N) is 2. The minimum absolute atomic E-state index is 0.457. The van der Waals surface area contributed by atoms with E-state index in [4.69, 9.17) is 10.6 Å². The first-order chi connectivity index (χ1) is 10.2. The van der Waals surface area contributed by atoms with Crippen molar-refractivity contribution in [2.45, 2.75) is 18.8 Å². The number of nitrogens with one attached hydrogen (secondary N) is 2. The average molecular weight is 350 g/mol. The van der Waals surface area contributed by atoms with Crippen LogP contribution in [0.5, 0.6) is 5.75 Å². The first kappa shape index (κ1) is 14.1. The van der Waals surface area contributed by atoms with E-state index in [0.717, 1.165) is 34.6 Å². The van der Waals surface area contributed by atoms with Crippen molar-refractivity contribution in [3.8, 4) is 5.75 Å². The summed E-state index contributed by atoms with van der Waals surface area (Å²) in [6.45, 7) is 0. The summed E-state index contributed by atoms with van der Waals surface area (Å²) in [7, 11) is 1.64. The van der Waals surface area contributed by atoms with Gasteiger partial charge in [0.15, 0.2) is 0 Å². The molecule has 0 saturated heterocycles. The van der Waals surface area contributed by atoms with Crippen LogP contribution in [0.4, 0.5) is 17.3 Å². The summed E-state index contributed by atoms with van der Waals surface area (Å²) in [4.78, 5) is 8.93. The Morgan fingerprint density at radius 1 is 1.24 bits per heavy atom. The molecule has 0 unspecified atom stereocenters. The first-order valence-electron chi connectivity index (χ1n) is 6.66. The highest BCUT2D eigenvalue weighted by Gasteiger charge is 2.27. The number of hydrogen-bond acceptors (Lipinski definition) is 6. The standard InChI is InChI=1S/C14H16BrN5O/c1-21-11-6-9(4-5-10(11)15)17-12-7-13(20-16)19-14(18-12)8-2-3-8/h4-8H,2-3,16H2,1H3,(H2,17,18,19,20). The number of hydrazine groups is 1. The predicted molar refractivity (Wildman–Crippen MR) is 85.8 cm³/mol. The molecule has 1 aromatic carbocycles. The molecule has 4 N–H and O–H groups in total. The quantitative estimate of drug-likeness (QED) is 0.567. The Kier molecular flexibility index (Phi) is 3.94. The Labute approximate surface area is 131 Å². The fraction of sp³-hybridized carbons (Fsp3) is 0.286. The highest BCUT2D eigenvalue weighted by molar-refractivity contribution is 9.10. The van der Waals surface area contributed by atoms with Crippen molar-refractivity contribution in [2.24, 2.45) is 5.84 Å². The number of methoxy groups -OCH3 is 1. The van der Waals surface area contributed by atoms with Crippen molar-refractivity contribution in [1.82, 2.24) is 9.97 Å². The molecule has 3 rings (SSSR count). The molecular formula is C14H16BrN5O. The fourth-order valence-electron chi connectivity index (χ4n) is 2.01. The number of halogens is 1. The smallest absolute Gasteiger partial charge is 0.145 e. The zero-order valence-electron chi connectivity index (χ0n) is 11.6. The Morgan fingerprint density at radius 3 is 2.67 bits per heavy atom. The number of nitrogens with two attached hydrogens (primary N) is 1. The lowest BCUT2D eigenvalue weighted by Gasteiger charge is -2.11. The molecule has 0 radical (unpaired) electrons. The number of benzene rings is 1. The third-order valence-electron chi connectivity index (χ3n) is 3.26. The lowest BCUT2D eigenvalue weighted by Crippen LogP contribution is -2.11. The topological polar surface area (TPSA) is 85.1 Å². The monoisotopic (exact) mass is 349 g/mol. The molecule has 0 spiro atoms. The third-order valence-corrected chi connectivity index (χ3v) is 3.91. The van der Waals surface area contributed by atoms with Gasteiger partial charge in [-0.2, -0.15) is 0 Å². The van der Waals surface area contributed by atoms with Crippen LogP contribution in [-0.4, -0.2) is 17.1 Å². The van der Waals surface area contributed by atoms with E-state index < -0.39 is 0 Å². The van der Waals surface area contributed by atoms with Crippen molar-refractivity contribution in [3.63, 3.8) is 0 Å². The van der Waals surface area contributed by atoms with Crippen LogP contribution < -0.4 is 21.3 Å². The van der Waals surface area contributed by atoms with Gasteiger partial charge in [-0.3, -0.25) is 0 Å². The van der Waals surface area contributed by atoms with Gasteiger partial charge in [0.05, 0.1) is 11.6 Å². The minimum Gasteiger partial charge on any atom is -0.495 e. The zero-order valence-corrected chi connectivity index (χ0v) is 13.1. The van der Waals surface area contributed by atoms with Gasteiger partial charge >= 0.3 is 0 Å². The fourth-order valence-corrected chi connectivity index (χ4v) is 2.42.